The van der Waals surface area contributed by atoms with E-state index in [1.54, 1.807) is 0 Å². The predicted octanol–water partition coefficient (Wildman–Crippen LogP) is 1.82. The topological polar surface area (TPSA) is 18.8 Å². The summed E-state index contributed by atoms with van der Waals surface area (Å²) in [6.07, 6.45) is 1.96. The summed E-state index contributed by atoms with van der Waals surface area (Å²) >= 11 is 0. The molecule has 76 valence electrons. The molecule has 0 aromatic carbocycles. The van der Waals surface area contributed by atoms with Crippen LogP contribution in [0.15, 0.2) is 5.10 Å². The lowest BCUT2D eigenvalue weighted by atomic mass is 9.92. The number of nitrogens with zero attached hydrogens (tertiary/aromatic N) is 3. The van der Waals surface area contributed by atoms with Crippen molar-refractivity contribution in [1.29, 1.82) is 0 Å². The largest absolute Gasteiger partial charge is 0.339 e. The Morgan fingerprint density at radius 1 is 1.15 bits per heavy atom. The van der Waals surface area contributed by atoms with Gasteiger partial charge in [-0.1, -0.05) is 27.7 Å². The normalized spacial score (nSPS) is 17.2. The molecule has 1 rings (SSSR count). The highest BCUT2D eigenvalue weighted by Crippen LogP contribution is 2.20. The molecular formula is C10H21N3. The van der Waals surface area contributed by atoms with Gasteiger partial charge in [-0.15, -0.1) is 0 Å². The van der Waals surface area contributed by atoms with E-state index < -0.39 is 0 Å². The molecule has 0 bridgehead atoms. The van der Waals surface area contributed by atoms with Crippen LogP contribution < -0.4 is 0 Å². The van der Waals surface area contributed by atoms with Crippen molar-refractivity contribution in [2.75, 3.05) is 13.7 Å². The maximum Gasteiger partial charge on any atom is 0.113 e. The SMILES string of the molecule is CC(C)C(C(C)C)N1C=NN(C)C1. The van der Waals surface area contributed by atoms with Gasteiger partial charge in [0.2, 0.25) is 0 Å². The van der Waals surface area contributed by atoms with Crippen molar-refractivity contribution in [2.24, 2.45) is 16.9 Å². The second-order valence-corrected chi connectivity index (χ2v) is 4.52. The molecule has 0 saturated heterocycles. The van der Waals surface area contributed by atoms with Crippen LogP contribution in [0.2, 0.25) is 0 Å². The molecule has 3 heteroatoms. The summed E-state index contributed by atoms with van der Waals surface area (Å²) in [6.45, 7) is 10.0. The number of hydrogen-bond donors (Lipinski definition) is 0. The molecule has 0 radical (unpaired) electrons. The van der Waals surface area contributed by atoms with E-state index in [0.717, 1.165) is 6.67 Å². The molecule has 0 unspecified atom stereocenters. The molecule has 0 fully saturated rings. The van der Waals surface area contributed by atoms with Crippen LogP contribution in [0.3, 0.4) is 0 Å². The van der Waals surface area contributed by atoms with E-state index in [1.165, 1.54) is 0 Å². The third-order valence-corrected chi connectivity index (χ3v) is 2.51. The minimum Gasteiger partial charge on any atom is -0.339 e. The monoisotopic (exact) mass is 183 g/mol. The van der Waals surface area contributed by atoms with Crippen LogP contribution in [0.25, 0.3) is 0 Å². The van der Waals surface area contributed by atoms with Crippen molar-refractivity contribution in [3.05, 3.63) is 0 Å². The van der Waals surface area contributed by atoms with Crippen LogP contribution in [0.4, 0.5) is 0 Å². The first-order valence-electron chi connectivity index (χ1n) is 5.03. The summed E-state index contributed by atoms with van der Waals surface area (Å²) in [5, 5.41) is 6.21. The van der Waals surface area contributed by atoms with Crippen molar-refractivity contribution >= 4 is 6.34 Å². The molecule has 0 spiro atoms. The van der Waals surface area contributed by atoms with E-state index in [1.807, 2.05) is 18.4 Å². The Morgan fingerprint density at radius 2 is 1.69 bits per heavy atom. The minimum absolute atomic E-state index is 0.605. The lowest BCUT2D eigenvalue weighted by Gasteiger charge is -2.33. The molecule has 1 aliphatic rings. The Bertz CT molecular complexity index is 179. The van der Waals surface area contributed by atoms with Crippen LogP contribution in [0, 0.1) is 11.8 Å². The Labute approximate surface area is 81.4 Å². The minimum atomic E-state index is 0.605. The van der Waals surface area contributed by atoms with Crippen LogP contribution >= 0.6 is 0 Å². The van der Waals surface area contributed by atoms with E-state index in [9.17, 15) is 0 Å². The van der Waals surface area contributed by atoms with Gasteiger partial charge in [0.1, 0.15) is 13.0 Å². The zero-order valence-electron chi connectivity index (χ0n) is 9.36. The molecule has 1 aliphatic heterocycles. The smallest absolute Gasteiger partial charge is 0.113 e. The van der Waals surface area contributed by atoms with E-state index >= 15 is 0 Å². The highest BCUT2D eigenvalue weighted by Gasteiger charge is 2.25. The van der Waals surface area contributed by atoms with Gasteiger partial charge in [0.25, 0.3) is 0 Å². The summed E-state index contributed by atoms with van der Waals surface area (Å²) in [5.41, 5.74) is 0. The molecule has 0 aliphatic carbocycles. The van der Waals surface area contributed by atoms with Gasteiger partial charge in [-0.25, -0.2) is 0 Å². The fourth-order valence-corrected chi connectivity index (χ4v) is 2.17. The molecule has 0 atom stereocenters. The van der Waals surface area contributed by atoms with Crippen molar-refractivity contribution in [3.8, 4) is 0 Å². The number of rotatable bonds is 3. The summed E-state index contributed by atoms with van der Waals surface area (Å²) in [6, 6.07) is 0.605. The summed E-state index contributed by atoms with van der Waals surface area (Å²) < 4.78 is 0. The second-order valence-electron chi connectivity index (χ2n) is 4.52. The standard InChI is InChI=1S/C10H21N3/c1-8(2)10(9(3)4)13-6-11-12(5)7-13/h6,8-10H,7H2,1-5H3. The molecule has 0 aromatic rings. The van der Waals surface area contributed by atoms with Gasteiger partial charge < -0.3 is 4.90 Å². The molecule has 1 heterocycles. The van der Waals surface area contributed by atoms with E-state index in [4.69, 9.17) is 0 Å². The lowest BCUT2D eigenvalue weighted by molar-refractivity contribution is 0.158. The van der Waals surface area contributed by atoms with E-state index in [2.05, 4.69) is 37.7 Å². The first-order valence-corrected chi connectivity index (χ1v) is 5.03. The second kappa shape index (κ2) is 3.99. The maximum absolute atomic E-state index is 4.24. The van der Waals surface area contributed by atoms with Gasteiger partial charge in [-0.05, 0) is 11.8 Å². The van der Waals surface area contributed by atoms with Crippen LogP contribution in [-0.4, -0.2) is 36.0 Å². The first-order chi connectivity index (χ1) is 6.02. The van der Waals surface area contributed by atoms with Gasteiger partial charge >= 0.3 is 0 Å². The van der Waals surface area contributed by atoms with Crippen LogP contribution in [-0.2, 0) is 0 Å². The zero-order valence-corrected chi connectivity index (χ0v) is 9.36. The van der Waals surface area contributed by atoms with E-state index in [0.29, 0.717) is 17.9 Å². The van der Waals surface area contributed by atoms with Gasteiger partial charge in [0, 0.05) is 13.1 Å². The average Bonchev–Trinajstić information content (AvgIpc) is 2.34. The molecule has 13 heavy (non-hydrogen) atoms. The van der Waals surface area contributed by atoms with Crippen LogP contribution in [0.1, 0.15) is 27.7 Å². The fraction of sp³-hybridized carbons (Fsp3) is 0.900. The first kappa shape index (κ1) is 10.4. The number of hydrazone groups is 1. The molecular weight excluding hydrogens is 162 g/mol. The fourth-order valence-electron chi connectivity index (χ4n) is 2.17. The highest BCUT2D eigenvalue weighted by molar-refractivity contribution is 5.56. The van der Waals surface area contributed by atoms with Gasteiger partial charge in [0.05, 0.1) is 0 Å². The highest BCUT2D eigenvalue weighted by atomic mass is 15.6. The maximum atomic E-state index is 4.24. The summed E-state index contributed by atoms with van der Waals surface area (Å²) in [4.78, 5) is 2.33. The molecule has 0 saturated carbocycles. The Balaban J connectivity index is 2.61. The molecule has 0 N–H and O–H groups in total. The third-order valence-electron chi connectivity index (χ3n) is 2.51. The predicted molar refractivity (Wildman–Crippen MR) is 56.4 cm³/mol. The molecule has 0 aromatic heterocycles. The van der Waals surface area contributed by atoms with Crippen molar-refractivity contribution in [2.45, 2.75) is 33.7 Å². The van der Waals surface area contributed by atoms with Gasteiger partial charge in [-0.2, -0.15) is 5.10 Å². The Morgan fingerprint density at radius 3 is 2.00 bits per heavy atom. The Kier molecular flexibility index (Phi) is 3.17. The summed E-state index contributed by atoms with van der Waals surface area (Å²) in [5.74, 6) is 1.36. The average molecular weight is 183 g/mol. The summed E-state index contributed by atoms with van der Waals surface area (Å²) in [7, 11) is 2.01. The third kappa shape index (κ3) is 2.36. The van der Waals surface area contributed by atoms with Crippen molar-refractivity contribution in [3.63, 3.8) is 0 Å². The van der Waals surface area contributed by atoms with Crippen LogP contribution in [0.5, 0.6) is 0 Å². The van der Waals surface area contributed by atoms with Gasteiger partial charge in [-0.3, -0.25) is 5.01 Å². The van der Waals surface area contributed by atoms with Gasteiger partial charge in [0.15, 0.2) is 0 Å². The Hall–Kier alpha value is -0.730. The zero-order chi connectivity index (χ0) is 10.0. The quantitative estimate of drug-likeness (QED) is 0.664. The molecule has 3 nitrogen and oxygen atoms in total. The van der Waals surface area contributed by atoms with Crippen molar-refractivity contribution < 1.29 is 0 Å². The molecule has 0 amide bonds. The lowest BCUT2D eigenvalue weighted by Crippen LogP contribution is -2.42. The van der Waals surface area contributed by atoms with Crippen molar-refractivity contribution in [1.82, 2.24) is 9.91 Å². The van der Waals surface area contributed by atoms with E-state index in [-0.39, 0.29) is 0 Å². The number of hydrogen-bond acceptors (Lipinski definition) is 3.